The smallest absolute Gasteiger partial charge is 0.221 e. The predicted octanol–water partition coefficient (Wildman–Crippen LogP) is 5.64. The summed E-state index contributed by atoms with van der Waals surface area (Å²) in [5.74, 6) is 0.546. The molecule has 156 valence electrons. The molecule has 0 bridgehead atoms. The van der Waals surface area contributed by atoms with Gasteiger partial charge in [0.1, 0.15) is 12.4 Å². The summed E-state index contributed by atoms with van der Waals surface area (Å²) in [5.41, 5.74) is 3.37. The van der Waals surface area contributed by atoms with E-state index in [0.717, 1.165) is 22.5 Å². The molecule has 2 N–H and O–H groups in total. The summed E-state index contributed by atoms with van der Waals surface area (Å²) in [4.78, 5) is 11.1. The monoisotopic (exact) mass is 428 g/mol. The molecular formula is C23H22ClFN2O3. The van der Waals surface area contributed by atoms with Crippen LogP contribution < -0.4 is 20.1 Å². The van der Waals surface area contributed by atoms with Crippen molar-refractivity contribution in [1.29, 1.82) is 0 Å². The van der Waals surface area contributed by atoms with Crippen LogP contribution in [0.4, 0.5) is 15.8 Å². The highest BCUT2D eigenvalue weighted by atomic mass is 35.5. The lowest BCUT2D eigenvalue weighted by Gasteiger charge is -2.15. The van der Waals surface area contributed by atoms with Crippen LogP contribution in [0.1, 0.15) is 18.1 Å². The maximum Gasteiger partial charge on any atom is 0.221 e. The van der Waals surface area contributed by atoms with Crippen LogP contribution >= 0.6 is 11.6 Å². The number of nitrogens with one attached hydrogen (secondary N) is 2. The molecule has 0 saturated carbocycles. The van der Waals surface area contributed by atoms with Crippen LogP contribution in [0, 0.1) is 5.82 Å². The molecule has 3 aromatic carbocycles. The van der Waals surface area contributed by atoms with Crippen molar-refractivity contribution in [2.45, 2.75) is 20.1 Å². The van der Waals surface area contributed by atoms with Crippen LogP contribution in [-0.4, -0.2) is 13.0 Å². The number of rotatable bonds is 8. The molecule has 0 atom stereocenters. The van der Waals surface area contributed by atoms with E-state index in [1.165, 1.54) is 19.1 Å². The number of halogens is 2. The van der Waals surface area contributed by atoms with Gasteiger partial charge in [0.25, 0.3) is 0 Å². The number of anilines is 2. The average Bonchev–Trinajstić information content (AvgIpc) is 2.73. The highest BCUT2D eigenvalue weighted by Gasteiger charge is 2.12. The lowest BCUT2D eigenvalue weighted by molar-refractivity contribution is -0.114. The van der Waals surface area contributed by atoms with Crippen molar-refractivity contribution in [2.24, 2.45) is 0 Å². The fourth-order valence-electron chi connectivity index (χ4n) is 2.83. The summed E-state index contributed by atoms with van der Waals surface area (Å²) in [6.45, 7) is 2.23. The minimum absolute atomic E-state index is 0.112. The Bertz CT molecular complexity index is 1010. The zero-order valence-electron chi connectivity index (χ0n) is 16.7. The highest BCUT2D eigenvalue weighted by molar-refractivity contribution is 6.32. The Morgan fingerprint density at radius 1 is 1.00 bits per heavy atom. The summed E-state index contributed by atoms with van der Waals surface area (Å²) in [5, 5.41) is 6.45. The van der Waals surface area contributed by atoms with Crippen LogP contribution in [0.2, 0.25) is 5.02 Å². The van der Waals surface area contributed by atoms with Crippen LogP contribution in [0.25, 0.3) is 0 Å². The number of ether oxygens (including phenoxy) is 2. The number of benzene rings is 3. The third-order valence-corrected chi connectivity index (χ3v) is 4.57. The van der Waals surface area contributed by atoms with E-state index < -0.39 is 0 Å². The van der Waals surface area contributed by atoms with Gasteiger partial charge in [-0.25, -0.2) is 4.39 Å². The standard InChI is InChI=1S/C23H22ClFN2O3/c1-15(28)27-20-9-7-19(8-10-20)26-13-17-11-21(24)23(22(12-17)29-2)30-14-16-3-5-18(25)6-4-16/h3-12,26H,13-14H2,1-2H3,(H,27,28). The second kappa shape index (κ2) is 9.98. The van der Waals surface area contributed by atoms with Crippen LogP contribution in [-0.2, 0) is 17.9 Å². The van der Waals surface area contributed by atoms with Crippen LogP contribution in [0.3, 0.4) is 0 Å². The van der Waals surface area contributed by atoms with Gasteiger partial charge in [-0.15, -0.1) is 0 Å². The molecule has 0 aliphatic carbocycles. The van der Waals surface area contributed by atoms with E-state index in [9.17, 15) is 9.18 Å². The van der Waals surface area contributed by atoms with Crippen molar-refractivity contribution in [1.82, 2.24) is 0 Å². The first-order valence-electron chi connectivity index (χ1n) is 9.30. The fourth-order valence-corrected chi connectivity index (χ4v) is 3.12. The molecule has 0 fully saturated rings. The van der Waals surface area contributed by atoms with E-state index in [4.69, 9.17) is 21.1 Å². The Morgan fingerprint density at radius 3 is 2.30 bits per heavy atom. The number of carbonyl (C=O) groups excluding carboxylic acids is 1. The SMILES string of the molecule is COc1cc(CNc2ccc(NC(C)=O)cc2)cc(Cl)c1OCc1ccc(F)cc1. The van der Waals surface area contributed by atoms with Crippen molar-refractivity contribution in [2.75, 3.05) is 17.7 Å². The van der Waals surface area contributed by atoms with Gasteiger partial charge in [-0.05, 0) is 59.7 Å². The minimum atomic E-state index is -0.295. The summed E-state index contributed by atoms with van der Waals surface area (Å²) in [7, 11) is 1.55. The van der Waals surface area contributed by atoms with Crippen molar-refractivity contribution in [3.05, 3.63) is 82.6 Å². The molecule has 0 radical (unpaired) electrons. The second-order valence-electron chi connectivity index (χ2n) is 6.64. The van der Waals surface area contributed by atoms with E-state index in [0.29, 0.717) is 23.1 Å². The normalized spacial score (nSPS) is 10.4. The first-order chi connectivity index (χ1) is 14.4. The van der Waals surface area contributed by atoms with E-state index in [-0.39, 0.29) is 18.3 Å². The summed E-state index contributed by atoms with van der Waals surface area (Å²) in [6.07, 6.45) is 0. The van der Waals surface area contributed by atoms with E-state index in [2.05, 4.69) is 10.6 Å². The highest BCUT2D eigenvalue weighted by Crippen LogP contribution is 2.37. The molecule has 0 aliphatic rings. The minimum Gasteiger partial charge on any atom is -0.493 e. The lowest BCUT2D eigenvalue weighted by atomic mass is 10.2. The molecule has 0 unspecified atom stereocenters. The molecule has 0 heterocycles. The number of carbonyl (C=O) groups is 1. The molecule has 3 rings (SSSR count). The van der Waals surface area contributed by atoms with Gasteiger partial charge in [-0.3, -0.25) is 4.79 Å². The van der Waals surface area contributed by atoms with Crippen LogP contribution in [0.5, 0.6) is 11.5 Å². The maximum absolute atomic E-state index is 13.0. The largest absolute Gasteiger partial charge is 0.493 e. The molecule has 0 spiro atoms. The van der Waals surface area contributed by atoms with Crippen molar-refractivity contribution in [3.8, 4) is 11.5 Å². The van der Waals surface area contributed by atoms with Gasteiger partial charge in [-0.2, -0.15) is 0 Å². The second-order valence-corrected chi connectivity index (χ2v) is 7.04. The van der Waals surface area contributed by atoms with Gasteiger partial charge in [-0.1, -0.05) is 23.7 Å². The zero-order valence-corrected chi connectivity index (χ0v) is 17.4. The number of amides is 1. The molecule has 0 aromatic heterocycles. The Kier molecular flexibility index (Phi) is 7.14. The quantitative estimate of drug-likeness (QED) is 0.487. The average molecular weight is 429 g/mol. The summed E-state index contributed by atoms with van der Waals surface area (Å²) in [6, 6.07) is 17.1. The Labute approximate surface area is 179 Å². The van der Waals surface area contributed by atoms with Gasteiger partial charge >= 0.3 is 0 Å². The molecule has 5 nitrogen and oxygen atoms in total. The van der Waals surface area contributed by atoms with Crippen LogP contribution in [0.15, 0.2) is 60.7 Å². The van der Waals surface area contributed by atoms with Gasteiger partial charge < -0.3 is 20.1 Å². The Morgan fingerprint density at radius 2 is 1.67 bits per heavy atom. The predicted molar refractivity (Wildman–Crippen MR) is 117 cm³/mol. The molecular weight excluding hydrogens is 407 g/mol. The van der Waals surface area contributed by atoms with Gasteiger partial charge in [0.2, 0.25) is 5.91 Å². The van der Waals surface area contributed by atoms with E-state index >= 15 is 0 Å². The Balaban J connectivity index is 1.65. The molecule has 1 amide bonds. The third kappa shape index (κ3) is 5.87. The molecule has 7 heteroatoms. The van der Waals surface area contributed by atoms with Gasteiger partial charge in [0, 0.05) is 24.8 Å². The van der Waals surface area contributed by atoms with Gasteiger partial charge in [0.05, 0.1) is 12.1 Å². The number of methoxy groups -OCH3 is 1. The number of hydrogen-bond acceptors (Lipinski definition) is 4. The molecule has 0 aliphatic heterocycles. The summed E-state index contributed by atoms with van der Waals surface area (Å²) >= 11 is 6.42. The Hall–Kier alpha value is -3.25. The molecule has 0 saturated heterocycles. The van der Waals surface area contributed by atoms with Crippen molar-refractivity contribution >= 4 is 28.9 Å². The maximum atomic E-state index is 13.0. The molecule has 30 heavy (non-hydrogen) atoms. The number of hydrogen-bond donors (Lipinski definition) is 2. The summed E-state index contributed by atoms with van der Waals surface area (Å²) < 4.78 is 24.3. The fraction of sp³-hybridized carbons (Fsp3) is 0.174. The zero-order chi connectivity index (χ0) is 21.5. The lowest BCUT2D eigenvalue weighted by Crippen LogP contribution is -2.06. The van der Waals surface area contributed by atoms with E-state index in [1.54, 1.807) is 19.2 Å². The third-order valence-electron chi connectivity index (χ3n) is 4.29. The topological polar surface area (TPSA) is 59.6 Å². The van der Waals surface area contributed by atoms with Crippen molar-refractivity contribution in [3.63, 3.8) is 0 Å². The molecule has 3 aromatic rings. The van der Waals surface area contributed by atoms with E-state index in [1.807, 2.05) is 36.4 Å². The van der Waals surface area contributed by atoms with Gasteiger partial charge in [0.15, 0.2) is 11.5 Å². The van der Waals surface area contributed by atoms with Crippen molar-refractivity contribution < 1.29 is 18.7 Å². The first-order valence-corrected chi connectivity index (χ1v) is 9.67. The first kappa shape index (κ1) is 21.5.